The molecule has 0 aliphatic heterocycles. The molecular formula is C18H24N4O. The summed E-state index contributed by atoms with van der Waals surface area (Å²) in [5.41, 5.74) is 1.95. The van der Waals surface area contributed by atoms with Gasteiger partial charge in [0.15, 0.2) is 0 Å². The highest BCUT2D eigenvalue weighted by Crippen LogP contribution is 2.23. The van der Waals surface area contributed by atoms with E-state index in [9.17, 15) is 4.79 Å². The van der Waals surface area contributed by atoms with E-state index in [1.54, 1.807) is 6.20 Å². The third-order valence-corrected chi connectivity index (χ3v) is 4.22. The van der Waals surface area contributed by atoms with Crippen molar-refractivity contribution in [2.45, 2.75) is 51.1 Å². The average molecular weight is 312 g/mol. The second kappa shape index (κ2) is 7.81. The van der Waals surface area contributed by atoms with Crippen LogP contribution in [-0.2, 0) is 11.3 Å². The van der Waals surface area contributed by atoms with E-state index in [0.29, 0.717) is 12.5 Å². The molecule has 0 atom stereocenters. The standard InChI is InChI=1S/C18H24N4O/c23-18(10-4-12-22-13-5-11-19-22)21-17-9-3-8-16(14-17)20-15-6-1-2-7-15/h3,5,8-9,11,13-15,20H,1-2,4,6-7,10,12H2,(H,21,23). The van der Waals surface area contributed by atoms with Gasteiger partial charge in [0, 0.05) is 42.8 Å². The van der Waals surface area contributed by atoms with Crippen molar-refractivity contribution in [3.63, 3.8) is 0 Å². The fraction of sp³-hybridized carbons (Fsp3) is 0.444. The second-order valence-corrected chi connectivity index (χ2v) is 6.13. The summed E-state index contributed by atoms with van der Waals surface area (Å²) in [6.07, 6.45) is 10.1. The number of carbonyl (C=O) groups excluding carboxylic acids is 1. The van der Waals surface area contributed by atoms with E-state index in [0.717, 1.165) is 24.3 Å². The number of hydrogen-bond acceptors (Lipinski definition) is 3. The zero-order valence-corrected chi connectivity index (χ0v) is 13.4. The zero-order valence-electron chi connectivity index (χ0n) is 13.4. The Labute approximate surface area is 137 Å². The predicted octanol–water partition coefficient (Wildman–Crippen LogP) is 3.66. The summed E-state index contributed by atoms with van der Waals surface area (Å²) >= 11 is 0. The SMILES string of the molecule is O=C(CCCn1cccn1)Nc1cccc(NC2CCCC2)c1. The van der Waals surface area contributed by atoms with Gasteiger partial charge in [0.1, 0.15) is 0 Å². The highest BCUT2D eigenvalue weighted by atomic mass is 16.1. The summed E-state index contributed by atoms with van der Waals surface area (Å²) in [6, 6.07) is 10.5. The van der Waals surface area contributed by atoms with Gasteiger partial charge in [-0.25, -0.2) is 0 Å². The fourth-order valence-corrected chi connectivity index (χ4v) is 3.05. The second-order valence-electron chi connectivity index (χ2n) is 6.13. The maximum absolute atomic E-state index is 12.0. The van der Waals surface area contributed by atoms with Crippen molar-refractivity contribution in [2.24, 2.45) is 0 Å². The van der Waals surface area contributed by atoms with Crippen molar-refractivity contribution in [3.8, 4) is 0 Å². The first-order valence-corrected chi connectivity index (χ1v) is 8.43. The van der Waals surface area contributed by atoms with Crippen LogP contribution in [0.3, 0.4) is 0 Å². The van der Waals surface area contributed by atoms with Crippen LogP contribution in [0, 0.1) is 0 Å². The number of rotatable bonds is 7. The van der Waals surface area contributed by atoms with Crippen molar-refractivity contribution >= 4 is 17.3 Å². The molecule has 0 unspecified atom stereocenters. The van der Waals surface area contributed by atoms with Gasteiger partial charge in [-0.15, -0.1) is 0 Å². The number of hydrogen-bond donors (Lipinski definition) is 2. The molecule has 3 rings (SSSR count). The molecule has 2 aromatic rings. The molecule has 1 heterocycles. The topological polar surface area (TPSA) is 59.0 Å². The number of carbonyl (C=O) groups is 1. The molecule has 23 heavy (non-hydrogen) atoms. The molecule has 1 amide bonds. The Kier molecular flexibility index (Phi) is 5.29. The molecule has 5 heteroatoms. The number of aryl methyl sites for hydroxylation is 1. The van der Waals surface area contributed by atoms with Crippen LogP contribution >= 0.6 is 0 Å². The van der Waals surface area contributed by atoms with Gasteiger partial charge in [0.05, 0.1) is 0 Å². The molecule has 122 valence electrons. The van der Waals surface area contributed by atoms with Crippen LogP contribution in [0.1, 0.15) is 38.5 Å². The van der Waals surface area contributed by atoms with Crippen LogP contribution in [0.4, 0.5) is 11.4 Å². The lowest BCUT2D eigenvalue weighted by molar-refractivity contribution is -0.116. The van der Waals surface area contributed by atoms with Gasteiger partial charge in [-0.1, -0.05) is 18.9 Å². The average Bonchev–Trinajstić information content (AvgIpc) is 3.21. The van der Waals surface area contributed by atoms with Gasteiger partial charge in [0.25, 0.3) is 0 Å². The first kappa shape index (κ1) is 15.6. The Morgan fingerprint density at radius 2 is 2.04 bits per heavy atom. The first-order valence-electron chi connectivity index (χ1n) is 8.43. The van der Waals surface area contributed by atoms with Crippen LogP contribution in [0.5, 0.6) is 0 Å². The van der Waals surface area contributed by atoms with Crippen LogP contribution < -0.4 is 10.6 Å². The first-order chi connectivity index (χ1) is 11.3. The monoisotopic (exact) mass is 312 g/mol. The molecule has 5 nitrogen and oxygen atoms in total. The summed E-state index contributed by atoms with van der Waals surface area (Å²) in [7, 11) is 0. The summed E-state index contributed by atoms with van der Waals surface area (Å²) in [4.78, 5) is 12.0. The third kappa shape index (κ3) is 4.84. The highest BCUT2D eigenvalue weighted by molar-refractivity contribution is 5.91. The maximum Gasteiger partial charge on any atom is 0.224 e. The minimum Gasteiger partial charge on any atom is -0.382 e. The number of anilines is 2. The molecule has 1 saturated carbocycles. The predicted molar refractivity (Wildman–Crippen MR) is 92.4 cm³/mol. The highest BCUT2D eigenvalue weighted by Gasteiger charge is 2.14. The Balaban J connectivity index is 1.45. The Morgan fingerprint density at radius 1 is 1.22 bits per heavy atom. The smallest absolute Gasteiger partial charge is 0.224 e. The summed E-state index contributed by atoms with van der Waals surface area (Å²) in [5, 5.41) is 10.7. The third-order valence-electron chi connectivity index (χ3n) is 4.22. The summed E-state index contributed by atoms with van der Waals surface area (Å²) < 4.78 is 1.85. The van der Waals surface area contributed by atoms with Crippen LogP contribution in [-0.4, -0.2) is 21.7 Å². The van der Waals surface area contributed by atoms with Gasteiger partial charge in [-0.2, -0.15) is 5.10 Å². The van der Waals surface area contributed by atoms with Crippen molar-refractivity contribution in [1.29, 1.82) is 0 Å². The number of nitrogens with one attached hydrogen (secondary N) is 2. The fourth-order valence-electron chi connectivity index (χ4n) is 3.05. The molecule has 1 aromatic carbocycles. The molecular weight excluding hydrogens is 288 g/mol. The van der Waals surface area contributed by atoms with E-state index < -0.39 is 0 Å². The van der Waals surface area contributed by atoms with Crippen LogP contribution in [0.2, 0.25) is 0 Å². The zero-order chi connectivity index (χ0) is 15.9. The normalized spacial score (nSPS) is 14.8. The molecule has 2 N–H and O–H groups in total. The Bertz CT molecular complexity index is 618. The minimum absolute atomic E-state index is 0.0511. The number of amides is 1. The minimum atomic E-state index is 0.0511. The van der Waals surface area contributed by atoms with E-state index in [-0.39, 0.29) is 5.91 Å². The molecule has 1 aliphatic rings. The molecule has 0 radical (unpaired) electrons. The van der Waals surface area contributed by atoms with Gasteiger partial charge in [0.2, 0.25) is 5.91 Å². The van der Waals surface area contributed by atoms with Crippen molar-refractivity contribution in [1.82, 2.24) is 9.78 Å². The lowest BCUT2D eigenvalue weighted by Gasteiger charge is -2.14. The van der Waals surface area contributed by atoms with E-state index in [2.05, 4.69) is 21.8 Å². The lowest BCUT2D eigenvalue weighted by Crippen LogP contribution is -2.15. The van der Waals surface area contributed by atoms with E-state index in [4.69, 9.17) is 0 Å². The molecule has 0 bridgehead atoms. The summed E-state index contributed by atoms with van der Waals surface area (Å²) in [6.45, 7) is 0.768. The van der Waals surface area contributed by atoms with Crippen LogP contribution in [0.15, 0.2) is 42.7 Å². The largest absolute Gasteiger partial charge is 0.382 e. The summed E-state index contributed by atoms with van der Waals surface area (Å²) in [5.74, 6) is 0.0511. The quantitative estimate of drug-likeness (QED) is 0.820. The van der Waals surface area contributed by atoms with Crippen molar-refractivity contribution in [2.75, 3.05) is 10.6 Å². The van der Waals surface area contributed by atoms with Gasteiger partial charge < -0.3 is 10.6 Å². The number of nitrogens with zero attached hydrogens (tertiary/aromatic N) is 2. The lowest BCUT2D eigenvalue weighted by atomic mass is 10.2. The number of benzene rings is 1. The molecule has 1 aromatic heterocycles. The van der Waals surface area contributed by atoms with E-state index >= 15 is 0 Å². The van der Waals surface area contributed by atoms with Gasteiger partial charge >= 0.3 is 0 Å². The Morgan fingerprint density at radius 3 is 2.83 bits per heavy atom. The Hall–Kier alpha value is -2.30. The van der Waals surface area contributed by atoms with Crippen molar-refractivity contribution in [3.05, 3.63) is 42.7 Å². The molecule has 0 spiro atoms. The number of aromatic nitrogens is 2. The molecule has 1 fully saturated rings. The molecule has 1 aliphatic carbocycles. The maximum atomic E-state index is 12.0. The van der Waals surface area contributed by atoms with Crippen LogP contribution in [0.25, 0.3) is 0 Å². The van der Waals surface area contributed by atoms with Gasteiger partial charge in [-0.05, 0) is 43.5 Å². The van der Waals surface area contributed by atoms with E-state index in [1.807, 2.05) is 35.1 Å². The van der Waals surface area contributed by atoms with Gasteiger partial charge in [-0.3, -0.25) is 9.48 Å². The molecule has 0 saturated heterocycles. The van der Waals surface area contributed by atoms with Crippen molar-refractivity contribution < 1.29 is 4.79 Å². The van der Waals surface area contributed by atoms with E-state index in [1.165, 1.54) is 25.7 Å².